The van der Waals surface area contributed by atoms with E-state index in [-0.39, 0.29) is 18.3 Å². The highest BCUT2D eigenvalue weighted by atomic mass is 16.8. The van der Waals surface area contributed by atoms with Gasteiger partial charge in [0.2, 0.25) is 0 Å². The topological polar surface area (TPSA) is 57.2 Å². The Bertz CT molecular complexity index is 246. The van der Waals surface area contributed by atoms with Crippen molar-refractivity contribution < 1.29 is 24.1 Å². The first-order valence-electron chi connectivity index (χ1n) is 4.88. The van der Waals surface area contributed by atoms with Crippen LogP contribution in [0.2, 0.25) is 0 Å². The number of hydrogen-bond donors (Lipinski definition) is 1. The van der Waals surface area contributed by atoms with Crippen molar-refractivity contribution in [2.75, 3.05) is 6.61 Å². The molecule has 5 atom stereocenters. The zero-order chi connectivity index (χ0) is 9.92. The van der Waals surface area contributed by atoms with Gasteiger partial charge in [0.25, 0.3) is 0 Å². The van der Waals surface area contributed by atoms with E-state index in [0.29, 0.717) is 6.61 Å². The van der Waals surface area contributed by atoms with Crippen LogP contribution in [0.3, 0.4) is 0 Å². The lowest BCUT2D eigenvalue weighted by molar-refractivity contribution is -0.204. The molecule has 0 saturated carbocycles. The Hall–Kier alpha value is -0.200. The Morgan fingerprint density at radius 1 is 1.21 bits per heavy atom. The minimum Gasteiger partial charge on any atom is -0.385 e. The van der Waals surface area contributed by atoms with Gasteiger partial charge in [-0.05, 0) is 13.8 Å². The van der Waals surface area contributed by atoms with Crippen LogP contribution in [0.5, 0.6) is 0 Å². The fourth-order valence-corrected chi connectivity index (χ4v) is 2.32. The van der Waals surface area contributed by atoms with Gasteiger partial charge in [-0.25, -0.2) is 0 Å². The fourth-order valence-electron chi connectivity index (χ4n) is 2.32. The summed E-state index contributed by atoms with van der Waals surface area (Å²) in [6.45, 7) is 4.15. The second kappa shape index (κ2) is 2.68. The van der Waals surface area contributed by atoms with Gasteiger partial charge >= 0.3 is 0 Å². The van der Waals surface area contributed by atoms with Crippen LogP contribution >= 0.6 is 0 Å². The molecule has 3 heterocycles. The lowest BCUT2D eigenvalue weighted by Gasteiger charge is -2.31. The number of hydrogen-bond acceptors (Lipinski definition) is 5. The summed E-state index contributed by atoms with van der Waals surface area (Å²) in [4.78, 5) is 0. The third-order valence-electron chi connectivity index (χ3n) is 2.88. The molecule has 0 radical (unpaired) electrons. The van der Waals surface area contributed by atoms with Crippen LogP contribution in [-0.4, -0.2) is 48.2 Å². The van der Waals surface area contributed by atoms with Gasteiger partial charge in [0.1, 0.15) is 24.4 Å². The summed E-state index contributed by atoms with van der Waals surface area (Å²) in [7, 11) is 0. The van der Waals surface area contributed by atoms with Crippen molar-refractivity contribution in [3.63, 3.8) is 0 Å². The average molecular weight is 202 g/mol. The second-order valence-electron chi connectivity index (χ2n) is 4.43. The Labute approximate surface area is 81.9 Å². The molecule has 0 aromatic heterocycles. The molecule has 0 spiro atoms. The molecule has 0 aromatic rings. The highest BCUT2D eigenvalue weighted by Crippen LogP contribution is 2.40. The van der Waals surface area contributed by atoms with Gasteiger partial charge < -0.3 is 24.1 Å². The van der Waals surface area contributed by atoms with Gasteiger partial charge in [0, 0.05) is 0 Å². The number of aliphatic hydroxyl groups is 1. The summed E-state index contributed by atoms with van der Waals surface area (Å²) in [6, 6.07) is 0. The van der Waals surface area contributed by atoms with Crippen LogP contribution in [-0.2, 0) is 18.9 Å². The molecule has 5 nitrogen and oxygen atoms in total. The normalized spacial score (nSPS) is 54.6. The number of rotatable bonds is 0. The van der Waals surface area contributed by atoms with Crippen LogP contribution in [0.4, 0.5) is 0 Å². The zero-order valence-corrected chi connectivity index (χ0v) is 8.17. The van der Waals surface area contributed by atoms with Crippen LogP contribution in [0.1, 0.15) is 13.8 Å². The molecule has 0 aromatic carbocycles. The molecule has 0 aliphatic carbocycles. The first-order chi connectivity index (χ1) is 6.57. The lowest BCUT2D eigenvalue weighted by Crippen LogP contribution is -2.52. The molecule has 2 bridgehead atoms. The molecule has 14 heavy (non-hydrogen) atoms. The molecule has 80 valence electrons. The van der Waals surface area contributed by atoms with Gasteiger partial charge in [0.15, 0.2) is 12.1 Å². The van der Waals surface area contributed by atoms with Gasteiger partial charge in [-0.15, -0.1) is 0 Å². The van der Waals surface area contributed by atoms with Crippen molar-refractivity contribution in [3.8, 4) is 0 Å². The summed E-state index contributed by atoms with van der Waals surface area (Å²) in [5, 5.41) is 9.84. The number of ether oxygens (including phenoxy) is 4. The van der Waals surface area contributed by atoms with Crippen molar-refractivity contribution in [2.45, 2.75) is 50.3 Å². The van der Waals surface area contributed by atoms with E-state index >= 15 is 0 Å². The van der Waals surface area contributed by atoms with Crippen LogP contribution < -0.4 is 0 Å². The van der Waals surface area contributed by atoms with Gasteiger partial charge in [0.05, 0.1) is 6.61 Å². The van der Waals surface area contributed by atoms with E-state index in [2.05, 4.69) is 0 Å². The first-order valence-corrected chi connectivity index (χ1v) is 4.88. The van der Waals surface area contributed by atoms with Crippen molar-refractivity contribution in [1.29, 1.82) is 0 Å². The van der Waals surface area contributed by atoms with Crippen LogP contribution in [0.25, 0.3) is 0 Å². The summed E-state index contributed by atoms with van der Waals surface area (Å²) < 4.78 is 22.0. The molecular weight excluding hydrogens is 188 g/mol. The maximum atomic E-state index is 9.84. The predicted octanol–water partition coefficient (Wildman–Crippen LogP) is -0.378. The Morgan fingerprint density at radius 2 is 1.93 bits per heavy atom. The lowest BCUT2D eigenvalue weighted by atomic mass is 10.0. The minimum atomic E-state index is -0.750. The third kappa shape index (κ3) is 1.14. The summed E-state index contributed by atoms with van der Waals surface area (Å²) in [5.74, 6) is -0.635. The zero-order valence-electron chi connectivity index (χ0n) is 8.17. The molecule has 3 aliphatic heterocycles. The predicted molar refractivity (Wildman–Crippen MR) is 44.4 cm³/mol. The third-order valence-corrected chi connectivity index (χ3v) is 2.88. The highest BCUT2D eigenvalue weighted by molar-refractivity contribution is 4.99. The molecule has 1 N–H and O–H groups in total. The molecule has 0 unspecified atom stereocenters. The summed E-state index contributed by atoms with van der Waals surface area (Å²) in [5.41, 5.74) is 0. The van der Waals surface area contributed by atoms with Crippen molar-refractivity contribution in [3.05, 3.63) is 0 Å². The van der Waals surface area contributed by atoms with Crippen LogP contribution in [0.15, 0.2) is 0 Å². The molecule has 3 saturated heterocycles. The standard InChI is InChI=1S/C9H14O5/c1-9(2)13-6-4-3-11-8(12-4)5(10)7(6)14-9/h4-8,10H,3H2,1-2H3/t4-,5+,6+,7-,8+/m1/s1. The number of aliphatic hydroxyl groups excluding tert-OH is 1. The molecule has 5 heteroatoms. The summed E-state index contributed by atoms with van der Waals surface area (Å²) in [6.07, 6.45) is -1.93. The van der Waals surface area contributed by atoms with Gasteiger partial charge in [-0.2, -0.15) is 0 Å². The van der Waals surface area contributed by atoms with E-state index in [4.69, 9.17) is 18.9 Å². The van der Waals surface area contributed by atoms with Gasteiger partial charge in [-0.1, -0.05) is 0 Å². The fraction of sp³-hybridized carbons (Fsp3) is 1.00. The summed E-state index contributed by atoms with van der Waals surface area (Å²) >= 11 is 0. The quantitative estimate of drug-likeness (QED) is 0.580. The first kappa shape index (κ1) is 9.06. The molecular formula is C9H14O5. The number of fused-ring (bicyclic) bond motifs is 4. The minimum absolute atomic E-state index is 0.102. The van der Waals surface area contributed by atoms with E-state index in [1.54, 1.807) is 0 Å². The smallest absolute Gasteiger partial charge is 0.186 e. The average Bonchev–Trinajstić information content (AvgIpc) is 2.64. The SMILES string of the molecule is CC1(C)O[C@@H]2[C@H](O)[C@H]3OC[C@@H](O3)[C@@H]2O1. The van der Waals surface area contributed by atoms with Crippen LogP contribution in [0, 0.1) is 0 Å². The molecule has 3 aliphatic rings. The van der Waals surface area contributed by atoms with Crippen molar-refractivity contribution in [1.82, 2.24) is 0 Å². The Morgan fingerprint density at radius 3 is 2.71 bits per heavy atom. The maximum Gasteiger partial charge on any atom is 0.186 e. The Balaban J connectivity index is 1.88. The second-order valence-corrected chi connectivity index (χ2v) is 4.43. The van der Waals surface area contributed by atoms with E-state index in [0.717, 1.165) is 0 Å². The van der Waals surface area contributed by atoms with E-state index < -0.39 is 18.2 Å². The molecule has 3 rings (SSSR count). The molecule has 0 amide bonds. The largest absolute Gasteiger partial charge is 0.385 e. The van der Waals surface area contributed by atoms with E-state index in [9.17, 15) is 5.11 Å². The maximum absolute atomic E-state index is 9.84. The van der Waals surface area contributed by atoms with Gasteiger partial charge in [-0.3, -0.25) is 0 Å². The highest BCUT2D eigenvalue weighted by Gasteiger charge is 2.57. The Kier molecular flexibility index (Phi) is 1.73. The van der Waals surface area contributed by atoms with E-state index in [1.807, 2.05) is 13.8 Å². The monoisotopic (exact) mass is 202 g/mol. The van der Waals surface area contributed by atoms with Crippen molar-refractivity contribution in [2.24, 2.45) is 0 Å². The molecule has 3 fully saturated rings. The van der Waals surface area contributed by atoms with Crippen molar-refractivity contribution >= 4 is 0 Å². The van der Waals surface area contributed by atoms with E-state index in [1.165, 1.54) is 0 Å².